The fourth-order valence-corrected chi connectivity index (χ4v) is 3.14. The van der Waals surface area contributed by atoms with Crippen molar-refractivity contribution in [3.8, 4) is 0 Å². The van der Waals surface area contributed by atoms with Gasteiger partial charge in [0.25, 0.3) is 0 Å². The average molecular weight is 288 g/mol. The summed E-state index contributed by atoms with van der Waals surface area (Å²) in [6.45, 7) is 3.30. The average Bonchev–Trinajstić information content (AvgIpc) is 3.28. The van der Waals surface area contributed by atoms with Crippen molar-refractivity contribution >= 4 is 22.4 Å². The first-order valence-corrected chi connectivity index (χ1v) is 8.08. The van der Waals surface area contributed by atoms with E-state index >= 15 is 0 Å². The van der Waals surface area contributed by atoms with Gasteiger partial charge in [-0.2, -0.15) is 0 Å². The molecule has 20 heavy (non-hydrogen) atoms. The topological polar surface area (TPSA) is 12.0 Å². The Labute approximate surface area is 126 Å². The maximum absolute atomic E-state index is 6.34. The predicted molar refractivity (Wildman–Crippen MR) is 87.3 cm³/mol. The Morgan fingerprint density at radius 2 is 1.90 bits per heavy atom. The number of hydrogen-bond donors (Lipinski definition) is 1. The lowest BCUT2D eigenvalue weighted by molar-refractivity contribution is 0.476. The molecular weight excluding hydrogens is 266 g/mol. The Bertz CT molecular complexity index is 589. The van der Waals surface area contributed by atoms with E-state index in [-0.39, 0.29) is 0 Å². The summed E-state index contributed by atoms with van der Waals surface area (Å²) >= 11 is 6.34. The predicted octanol–water partition coefficient (Wildman–Crippen LogP) is 5.33. The van der Waals surface area contributed by atoms with Crippen LogP contribution in [0.4, 0.5) is 0 Å². The highest BCUT2D eigenvalue weighted by Gasteiger charge is 2.26. The number of halogens is 1. The van der Waals surface area contributed by atoms with Crippen LogP contribution in [0.2, 0.25) is 5.02 Å². The van der Waals surface area contributed by atoms with Crippen LogP contribution >= 0.6 is 11.6 Å². The molecule has 0 aliphatic heterocycles. The van der Waals surface area contributed by atoms with Crippen molar-refractivity contribution < 1.29 is 0 Å². The smallest absolute Gasteiger partial charge is 0.0484 e. The fraction of sp³-hybridized carbons (Fsp3) is 0.444. The minimum atomic E-state index is 0.463. The number of rotatable bonds is 6. The van der Waals surface area contributed by atoms with Crippen LogP contribution in [0.5, 0.6) is 0 Å². The number of benzene rings is 2. The summed E-state index contributed by atoms with van der Waals surface area (Å²) < 4.78 is 0. The Morgan fingerprint density at radius 1 is 1.15 bits per heavy atom. The Kier molecular flexibility index (Phi) is 4.28. The Balaban J connectivity index is 1.98. The molecule has 1 N–H and O–H groups in total. The SMILES string of the molecule is CCCNC(CC1CC1)c1ccc(Cl)c2ccccc12. The number of hydrogen-bond acceptors (Lipinski definition) is 1. The van der Waals surface area contributed by atoms with Crippen molar-refractivity contribution in [2.75, 3.05) is 6.54 Å². The van der Waals surface area contributed by atoms with Crippen LogP contribution in [0, 0.1) is 5.92 Å². The summed E-state index contributed by atoms with van der Waals surface area (Å²) in [6, 6.07) is 13.2. The molecule has 1 aliphatic rings. The maximum Gasteiger partial charge on any atom is 0.0484 e. The molecule has 0 spiro atoms. The van der Waals surface area contributed by atoms with E-state index in [9.17, 15) is 0 Å². The van der Waals surface area contributed by atoms with E-state index in [0.717, 1.165) is 17.5 Å². The van der Waals surface area contributed by atoms with Gasteiger partial charge in [-0.3, -0.25) is 0 Å². The zero-order valence-corrected chi connectivity index (χ0v) is 12.8. The minimum Gasteiger partial charge on any atom is -0.310 e. The quantitative estimate of drug-likeness (QED) is 0.757. The molecule has 0 saturated heterocycles. The molecule has 1 atom stereocenters. The summed E-state index contributed by atoms with van der Waals surface area (Å²) in [7, 11) is 0. The van der Waals surface area contributed by atoms with Crippen molar-refractivity contribution in [1.82, 2.24) is 5.32 Å². The molecule has 0 radical (unpaired) electrons. The molecule has 0 heterocycles. The Hall–Kier alpha value is -1.05. The lowest BCUT2D eigenvalue weighted by Gasteiger charge is -2.21. The second-order valence-corrected chi connectivity index (χ2v) is 6.28. The van der Waals surface area contributed by atoms with Gasteiger partial charge in [-0.05, 0) is 42.3 Å². The molecule has 2 aromatic rings. The maximum atomic E-state index is 6.34. The normalized spacial score (nSPS) is 16.5. The van der Waals surface area contributed by atoms with Crippen LogP contribution in [-0.4, -0.2) is 6.54 Å². The summed E-state index contributed by atoms with van der Waals surface area (Å²) in [5.74, 6) is 0.916. The summed E-state index contributed by atoms with van der Waals surface area (Å²) in [5, 5.41) is 7.05. The molecule has 1 aliphatic carbocycles. The molecule has 2 heteroatoms. The first-order chi connectivity index (χ1) is 9.79. The second-order valence-electron chi connectivity index (χ2n) is 5.87. The van der Waals surface area contributed by atoms with E-state index in [1.807, 2.05) is 6.07 Å². The summed E-state index contributed by atoms with van der Waals surface area (Å²) in [6.07, 6.45) is 5.23. The van der Waals surface area contributed by atoms with Crippen molar-refractivity contribution in [2.24, 2.45) is 5.92 Å². The molecule has 3 rings (SSSR count). The first-order valence-electron chi connectivity index (χ1n) is 7.70. The molecule has 1 unspecified atom stereocenters. The van der Waals surface area contributed by atoms with Gasteiger partial charge in [-0.15, -0.1) is 0 Å². The lowest BCUT2D eigenvalue weighted by Crippen LogP contribution is -2.23. The standard InChI is InChI=1S/C18H22ClN/c1-2-11-20-18(12-13-7-8-13)16-9-10-17(19)15-6-4-3-5-14(15)16/h3-6,9-10,13,18,20H,2,7-8,11-12H2,1H3. The number of fused-ring (bicyclic) bond motifs is 1. The minimum absolute atomic E-state index is 0.463. The van der Waals surface area contributed by atoms with E-state index < -0.39 is 0 Å². The van der Waals surface area contributed by atoms with Gasteiger partial charge in [0, 0.05) is 16.5 Å². The van der Waals surface area contributed by atoms with Gasteiger partial charge in [-0.25, -0.2) is 0 Å². The van der Waals surface area contributed by atoms with E-state index in [2.05, 4.69) is 42.6 Å². The third-order valence-corrected chi connectivity index (χ3v) is 4.52. The first kappa shape index (κ1) is 13.9. The molecule has 0 aromatic heterocycles. The monoisotopic (exact) mass is 287 g/mol. The highest BCUT2D eigenvalue weighted by molar-refractivity contribution is 6.35. The molecule has 2 aromatic carbocycles. The van der Waals surface area contributed by atoms with Crippen LogP contribution in [0.25, 0.3) is 10.8 Å². The van der Waals surface area contributed by atoms with E-state index in [1.165, 1.54) is 42.0 Å². The third kappa shape index (κ3) is 2.99. The summed E-state index contributed by atoms with van der Waals surface area (Å²) in [5.41, 5.74) is 1.41. The van der Waals surface area contributed by atoms with Crippen LogP contribution in [-0.2, 0) is 0 Å². The van der Waals surface area contributed by atoms with Gasteiger partial charge in [0.2, 0.25) is 0 Å². The van der Waals surface area contributed by atoms with Crippen molar-refractivity contribution in [2.45, 2.75) is 38.6 Å². The van der Waals surface area contributed by atoms with Crippen molar-refractivity contribution in [3.05, 3.63) is 47.0 Å². The lowest BCUT2D eigenvalue weighted by atomic mass is 9.95. The van der Waals surface area contributed by atoms with E-state index in [1.54, 1.807) is 0 Å². The van der Waals surface area contributed by atoms with E-state index in [4.69, 9.17) is 11.6 Å². The van der Waals surface area contributed by atoms with E-state index in [0.29, 0.717) is 6.04 Å². The van der Waals surface area contributed by atoms with Crippen LogP contribution in [0.1, 0.15) is 44.2 Å². The Morgan fingerprint density at radius 3 is 2.60 bits per heavy atom. The van der Waals surface area contributed by atoms with Gasteiger partial charge in [0.1, 0.15) is 0 Å². The van der Waals surface area contributed by atoms with Crippen LogP contribution in [0.15, 0.2) is 36.4 Å². The second kappa shape index (κ2) is 6.15. The van der Waals surface area contributed by atoms with Gasteiger partial charge in [0.05, 0.1) is 0 Å². The van der Waals surface area contributed by atoms with Crippen LogP contribution in [0.3, 0.4) is 0 Å². The van der Waals surface area contributed by atoms with Crippen molar-refractivity contribution in [1.29, 1.82) is 0 Å². The van der Waals surface area contributed by atoms with Crippen LogP contribution < -0.4 is 5.32 Å². The highest BCUT2D eigenvalue weighted by Crippen LogP contribution is 2.40. The number of nitrogens with one attached hydrogen (secondary N) is 1. The van der Waals surface area contributed by atoms with Gasteiger partial charge in [0.15, 0.2) is 0 Å². The fourth-order valence-electron chi connectivity index (χ4n) is 2.92. The molecule has 1 fully saturated rings. The molecule has 106 valence electrons. The van der Waals surface area contributed by atoms with Gasteiger partial charge < -0.3 is 5.32 Å². The molecule has 1 nitrogen and oxygen atoms in total. The molecule has 1 saturated carbocycles. The largest absolute Gasteiger partial charge is 0.310 e. The zero-order valence-electron chi connectivity index (χ0n) is 12.0. The molecule has 0 bridgehead atoms. The zero-order chi connectivity index (χ0) is 13.9. The molecular formula is C18H22ClN. The highest BCUT2D eigenvalue weighted by atomic mass is 35.5. The van der Waals surface area contributed by atoms with Gasteiger partial charge in [-0.1, -0.05) is 61.7 Å². The molecule has 0 amide bonds. The third-order valence-electron chi connectivity index (χ3n) is 4.19. The van der Waals surface area contributed by atoms with Gasteiger partial charge >= 0.3 is 0 Å². The van der Waals surface area contributed by atoms with Crippen molar-refractivity contribution in [3.63, 3.8) is 0 Å². The summed E-state index contributed by atoms with van der Waals surface area (Å²) in [4.78, 5) is 0.